The summed E-state index contributed by atoms with van der Waals surface area (Å²) in [7, 11) is 1.07. The van der Waals surface area contributed by atoms with Crippen molar-refractivity contribution in [3.8, 4) is 5.69 Å². The van der Waals surface area contributed by atoms with Crippen LogP contribution < -0.4 is 10.9 Å². The molecule has 0 fully saturated rings. The largest absolute Gasteiger partial charge is 0.462 e. The zero-order valence-electron chi connectivity index (χ0n) is 14.1. The molecule has 2 aromatic rings. The number of methoxy groups -OCH3 is 1. The quantitative estimate of drug-likeness (QED) is 0.372. The second kappa shape index (κ2) is 7.91. The van der Waals surface area contributed by atoms with E-state index in [1.165, 1.54) is 6.08 Å². The predicted molar refractivity (Wildman–Crippen MR) is 90.4 cm³/mol. The zero-order valence-corrected chi connectivity index (χ0v) is 14.1. The summed E-state index contributed by atoms with van der Waals surface area (Å²) in [6.07, 6.45) is 2.83. The third-order valence-corrected chi connectivity index (χ3v) is 3.42. The molecule has 0 aliphatic rings. The lowest BCUT2D eigenvalue weighted by atomic mass is 10.2. The number of hydrogen-bond acceptors (Lipinski definition) is 5. The molecule has 0 spiro atoms. The Balaban J connectivity index is 2.09. The van der Waals surface area contributed by atoms with Crippen LogP contribution >= 0.6 is 0 Å². The van der Waals surface area contributed by atoms with E-state index in [0.29, 0.717) is 0 Å². The molecule has 130 valence electrons. The van der Waals surface area contributed by atoms with Crippen molar-refractivity contribution in [1.82, 2.24) is 20.6 Å². The number of rotatable bonds is 3. The first kappa shape index (κ1) is 17.9. The van der Waals surface area contributed by atoms with Gasteiger partial charge in [-0.2, -0.15) is 5.10 Å². The van der Waals surface area contributed by atoms with Crippen LogP contribution in [0.3, 0.4) is 0 Å². The van der Waals surface area contributed by atoms with Gasteiger partial charge in [-0.1, -0.05) is 18.2 Å². The molecule has 0 bridgehead atoms. The number of nitrogens with zero attached hydrogens (tertiary/aromatic N) is 2. The molecule has 2 amide bonds. The SMILES string of the molecule is COC(=O)C(=O)NNC(=O)C=Cc1c(C)nn(-c2ccccc2)c1C. The average molecular weight is 342 g/mol. The van der Waals surface area contributed by atoms with E-state index < -0.39 is 17.8 Å². The summed E-state index contributed by atoms with van der Waals surface area (Å²) in [5.41, 5.74) is 7.36. The normalized spacial score (nSPS) is 10.5. The number of aromatic nitrogens is 2. The fourth-order valence-corrected chi connectivity index (χ4v) is 2.18. The van der Waals surface area contributed by atoms with E-state index in [1.807, 2.05) is 49.6 Å². The van der Waals surface area contributed by atoms with Gasteiger partial charge in [0.05, 0.1) is 18.5 Å². The second-order valence-electron chi connectivity index (χ2n) is 5.10. The van der Waals surface area contributed by atoms with E-state index in [2.05, 4.69) is 15.3 Å². The van der Waals surface area contributed by atoms with Gasteiger partial charge in [0.1, 0.15) is 0 Å². The number of carbonyl (C=O) groups is 3. The van der Waals surface area contributed by atoms with E-state index in [4.69, 9.17) is 0 Å². The van der Waals surface area contributed by atoms with Gasteiger partial charge in [-0.3, -0.25) is 20.4 Å². The van der Waals surface area contributed by atoms with Gasteiger partial charge < -0.3 is 4.74 Å². The van der Waals surface area contributed by atoms with Crippen LogP contribution in [0.4, 0.5) is 0 Å². The van der Waals surface area contributed by atoms with E-state index in [-0.39, 0.29) is 0 Å². The minimum Gasteiger partial charge on any atom is -0.462 e. The summed E-state index contributed by atoms with van der Waals surface area (Å²) >= 11 is 0. The number of aryl methyl sites for hydroxylation is 1. The number of para-hydroxylation sites is 1. The summed E-state index contributed by atoms with van der Waals surface area (Å²) in [6, 6.07) is 9.62. The molecular formula is C17H18N4O4. The summed E-state index contributed by atoms with van der Waals surface area (Å²) in [5.74, 6) is -2.75. The topological polar surface area (TPSA) is 102 Å². The first-order chi connectivity index (χ1) is 11.9. The highest BCUT2D eigenvalue weighted by Gasteiger charge is 2.14. The lowest BCUT2D eigenvalue weighted by Gasteiger charge is -2.04. The first-order valence-corrected chi connectivity index (χ1v) is 7.42. The number of esters is 1. The monoisotopic (exact) mass is 342 g/mol. The predicted octanol–water partition coefficient (Wildman–Crippen LogP) is 0.823. The maximum absolute atomic E-state index is 11.7. The van der Waals surface area contributed by atoms with Crippen LogP contribution in [0.15, 0.2) is 36.4 Å². The fraction of sp³-hybridized carbons (Fsp3) is 0.176. The number of amides is 2. The van der Waals surface area contributed by atoms with Gasteiger partial charge in [0.15, 0.2) is 0 Å². The number of ether oxygens (including phenoxy) is 1. The second-order valence-corrected chi connectivity index (χ2v) is 5.10. The van der Waals surface area contributed by atoms with Crippen molar-refractivity contribution in [2.45, 2.75) is 13.8 Å². The molecule has 0 saturated heterocycles. The molecule has 0 saturated carbocycles. The van der Waals surface area contributed by atoms with Gasteiger partial charge in [0.25, 0.3) is 5.91 Å². The molecule has 0 aliphatic carbocycles. The van der Waals surface area contributed by atoms with E-state index in [0.717, 1.165) is 29.7 Å². The molecule has 2 rings (SSSR count). The summed E-state index contributed by atoms with van der Waals surface area (Å²) < 4.78 is 6.00. The van der Waals surface area contributed by atoms with Gasteiger partial charge >= 0.3 is 11.9 Å². The number of carbonyl (C=O) groups excluding carboxylic acids is 3. The Morgan fingerprint density at radius 3 is 2.44 bits per heavy atom. The van der Waals surface area contributed by atoms with Crippen LogP contribution in [0, 0.1) is 13.8 Å². The molecule has 2 N–H and O–H groups in total. The molecule has 8 heteroatoms. The van der Waals surface area contributed by atoms with Gasteiger partial charge in [0.2, 0.25) is 0 Å². The maximum Gasteiger partial charge on any atom is 0.398 e. The summed E-state index contributed by atoms with van der Waals surface area (Å²) in [5, 5.41) is 4.47. The van der Waals surface area contributed by atoms with Crippen molar-refractivity contribution in [2.75, 3.05) is 7.11 Å². The van der Waals surface area contributed by atoms with Crippen LogP contribution in [-0.2, 0) is 19.1 Å². The van der Waals surface area contributed by atoms with Gasteiger partial charge in [-0.25, -0.2) is 9.48 Å². The van der Waals surface area contributed by atoms with Crippen molar-refractivity contribution in [3.05, 3.63) is 53.4 Å². The highest BCUT2D eigenvalue weighted by atomic mass is 16.5. The Labute approximate surface area is 144 Å². The van der Waals surface area contributed by atoms with Crippen LogP contribution in [0.5, 0.6) is 0 Å². The molecular weight excluding hydrogens is 324 g/mol. The van der Waals surface area contributed by atoms with E-state index in [9.17, 15) is 14.4 Å². The van der Waals surface area contributed by atoms with Crippen LogP contribution in [0.2, 0.25) is 0 Å². The highest BCUT2D eigenvalue weighted by Crippen LogP contribution is 2.18. The Bertz CT molecular complexity index is 825. The molecule has 0 atom stereocenters. The highest BCUT2D eigenvalue weighted by molar-refractivity contribution is 6.32. The Morgan fingerprint density at radius 2 is 1.80 bits per heavy atom. The van der Waals surface area contributed by atoms with Gasteiger partial charge in [-0.05, 0) is 32.1 Å². The average Bonchev–Trinajstić information content (AvgIpc) is 2.91. The number of hydrogen-bond donors (Lipinski definition) is 2. The molecule has 25 heavy (non-hydrogen) atoms. The standard InChI is InChI=1S/C17H18N4O4/c1-11-14(9-10-15(22)18-19-16(23)17(24)25-3)12(2)21(20-11)13-7-5-4-6-8-13/h4-10H,1-3H3,(H,18,22)(H,19,23). The molecule has 0 unspecified atom stereocenters. The smallest absolute Gasteiger partial charge is 0.398 e. The van der Waals surface area contributed by atoms with E-state index in [1.54, 1.807) is 10.8 Å². The Kier molecular flexibility index (Phi) is 5.67. The maximum atomic E-state index is 11.7. The third kappa shape index (κ3) is 4.31. The van der Waals surface area contributed by atoms with Crippen LogP contribution in [0.1, 0.15) is 17.0 Å². The van der Waals surface area contributed by atoms with Crippen molar-refractivity contribution < 1.29 is 19.1 Å². The first-order valence-electron chi connectivity index (χ1n) is 7.42. The van der Waals surface area contributed by atoms with Crippen molar-refractivity contribution in [3.63, 3.8) is 0 Å². The molecule has 0 aliphatic heterocycles. The molecule has 1 heterocycles. The minimum atomic E-state index is -1.10. The minimum absolute atomic E-state index is 0.594. The van der Waals surface area contributed by atoms with Crippen LogP contribution in [-0.4, -0.2) is 34.7 Å². The molecule has 0 radical (unpaired) electrons. The van der Waals surface area contributed by atoms with Gasteiger partial charge in [-0.15, -0.1) is 0 Å². The van der Waals surface area contributed by atoms with Crippen molar-refractivity contribution in [1.29, 1.82) is 0 Å². The number of nitrogens with one attached hydrogen (secondary N) is 2. The molecule has 8 nitrogen and oxygen atoms in total. The number of benzene rings is 1. The number of hydrazine groups is 1. The fourth-order valence-electron chi connectivity index (χ4n) is 2.18. The third-order valence-electron chi connectivity index (χ3n) is 3.42. The lowest BCUT2D eigenvalue weighted by molar-refractivity contribution is -0.153. The van der Waals surface area contributed by atoms with Gasteiger partial charge in [0, 0.05) is 17.3 Å². The Hall–Kier alpha value is -3.42. The molecule has 1 aromatic carbocycles. The molecule has 1 aromatic heterocycles. The zero-order chi connectivity index (χ0) is 18.4. The lowest BCUT2D eigenvalue weighted by Crippen LogP contribution is -2.44. The van der Waals surface area contributed by atoms with Crippen molar-refractivity contribution in [2.24, 2.45) is 0 Å². The summed E-state index contributed by atoms with van der Waals surface area (Å²) in [4.78, 5) is 33.8. The van der Waals surface area contributed by atoms with Crippen LogP contribution in [0.25, 0.3) is 11.8 Å². The van der Waals surface area contributed by atoms with Crippen molar-refractivity contribution >= 4 is 23.9 Å². The summed E-state index contributed by atoms with van der Waals surface area (Å²) in [6.45, 7) is 3.73. The van der Waals surface area contributed by atoms with E-state index >= 15 is 0 Å². The Morgan fingerprint density at radius 1 is 1.12 bits per heavy atom.